The Labute approximate surface area is 166 Å². The van der Waals surface area contributed by atoms with Crippen LogP contribution in [0, 0.1) is 20.8 Å². The Balaban J connectivity index is 1.83. The van der Waals surface area contributed by atoms with Crippen LogP contribution < -0.4 is 20.3 Å². The number of rotatable bonds is 4. The molecule has 8 nitrogen and oxygen atoms in total. The maximum absolute atomic E-state index is 12.5. The number of aromatic nitrogens is 4. The van der Waals surface area contributed by atoms with Gasteiger partial charge in [-0.3, -0.25) is 15.1 Å². The smallest absolute Gasteiger partial charge is 0.260 e. The topological polar surface area (TPSA) is 102 Å². The van der Waals surface area contributed by atoms with Gasteiger partial charge in [0.1, 0.15) is 17.0 Å². The number of aryl methyl sites for hydroxylation is 3. The Morgan fingerprint density at radius 1 is 0.897 bits per heavy atom. The van der Waals surface area contributed by atoms with E-state index in [1.165, 1.54) is 0 Å². The van der Waals surface area contributed by atoms with Crippen LogP contribution in [-0.2, 0) is 0 Å². The molecule has 29 heavy (non-hydrogen) atoms. The molecule has 0 aliphatic carbocycles. The predicted octanol–water partition coefficient (Wildman–Crippen LogP) is 3.55. The summed E-state index contributed by atoms with van der Waals surface area (Å²) in [4.78, 5) is 28.9. The molecule has 0 aliphatic heterocycles. The molecule has 0 radical (unpaired) electrons. The van der Waals surface area contributed by atoms with Crippen molar-refractivity contribution in [2.24, 2.45) is 0 Å². The lowest BCUT2D eigenvalue weighted by Gasteiger charge is -2.12. The number of ether oxygens (including phenoxy) is 2. The quantitative estimate of drug-likeness (QED) is 0.548. The molecule has 4 rings (SSSR count). The van der Waals surface area contributed by atoms with Crippen LogP contribution in [0.25, 0.3) is 21.8 Å². The van der Waals surface area contributed by atoms with E-state index in [0.717, 1.165) is 22.2 Å². The van der Waals surface area contributed by atoms with Crippen molar-refractivity contribution in [2.45, 2.75) is 20.8 Å². The SMILES string of the molecule is COc1cc(OC)c2nc(Nc3nc4c(C)cc(C)cc4c(=O)[nH]3)nc(C)c2c1. The van der Waals surface area contributed by atoms with Crippen LogP contribution in [0.4, 0.5) is 11.9 Å². The van der Waals surface area contributed by atoms with Gasteiger partial charge in [0.25, 0.3) is 5.56 Å². The molecule has 8 heteroatoms. The van der Waals surface area contributed by atoms with Crippen LogP contribution >= 0.6 is 0 Å². The fourth-order valence-corrected chi connectivity index (χ4v) is 3.41. The van der Waals surface area contributed by atoms with E-state index in [1.807, 2.05) is 39.0 Å². The van der Waals surface area contributed by atoms with Crippen LogP contribution in [0.5, 0.6) is 11.5 Å². The van der Waals surface area contributed by atoms with Crippen molar-refractivity contribution in [1.82, 2.24) is 19.9 Å². The highest BCUT2D eigenvalue weighted by atomic mass is 16.5. The number of aromatic amines is 1. The van der Waals surface area contributed by atoms with E-state index in [1.54, 1.807) is 20.3 Å². The van der Waals surface area contributed by atoms with Crippen LogP contribution in [-0.4, -0.2) is 34.2 Å². The van der Waals surface area contributed by atoms with Crippen molar-refractivity contribution >= 4 is 33.7 Å². The highest BCUT2D eigenvalue weighted by Gasteiger charge is 2.14. The zero-order valence-electron chi connectivity index (χ0n) is 16.9. The minimum atomic E-state index is -0.218. The van der Waals surface area contributed by atoms with E-state index in [2.05, 4.69) is 25.3 Å². The zero-order valence-corrected chi connectivity index (χ0v) is 16.9. The highest BCUT2D eigenvalue weighted by molar-refractivity contribution is 5.89. The van der Waals surface area contributed by atoms with Gasteiger partial charge < -0.3 is 9.47 Å². The molecule has 2 N–H and O–H groups in total. The van der Waals surface area contributed by atoms with E-state index in [-0.39, 0.29) is 11.5 Å². The number of nitrogens with zero attached hydrogens (tertiary/aromatic N) is 3. The maximum Gasteiger partial charge on any atom is 0.260 e. The first-order chi connectivity index (χ1) is 13.9. The summed E-state index contributed by atoms with van der Waals surface area (Å²) in [5.41, 5.74) is 3.74. The monoisotopic (exact) mass is 391 g/mol. The summed E-state index contributed by atoms with van der Waals surface area (Å²) in [6, 6.07) is 7.44. The van der Waals surface area contributed by atoms with Gasteiger partial charge in [-0.25, -0.2) is 15.0 Å². The molecule has 0 saturated carbocycles. The normalized spacial score (nSPS) is 11.1. The van der Waals surface area contributed by atoms with Crippen molar-refractivity contribution < 1.29 is 9.47 Å². The summed E-state index contributed by atoms with van der Waals surface area (Å²) in [5.74, 6) is 1.82. The van der Waals surface area contributed by atoms with Gasteiger partial charge >= 0.3 is 0 Å². The minimum Gasteiger partial charge on any atom is -0.497 e. The molecule has 0 atom stereocenters. The fourth-order valence-electron chi connectivity index (χ4n) is 3.41. The van der Waals surface area contributed by atoms with E-state index in [4.69, 9.17) is 9.47 Å². The van der Waals surface area contributed by atoms with Crippen LogP contribution in [0.3, 0.4) is 0 Å². The maximum atomic E-state index is 12.5. The highest BCUT2D eigenvalue weighted by Crippen LogP contribution is 2.32. The number of hydrogen-bond acceptors (Lipinski definition) is 7. The molecule has 0 bridgehead atoms. The summed E-state index contributed by atoms with van der Waals surface area (Å²) in [6.07, 6.45) is 0. The molecule has 4 aromatic rings. The molecule has 2 aromatic carbocycles. The van der Waals surface area contributed by atoms with E-state index >= 15 is 0 Å². The average Bonchev–Trinajstić information content (AvgIpc) is 2.68. The van der Waals surface area contributed by atoms with Crippen molar-refractivity contribution in [1.29, 1.82) is 0 Å². The zero-order chi connectivity index (χ0) is 20.7. The Morgan fingerprint density at radius 2 is 1.69 bits per heavy atom. The molecule has 2 heterocycles. The number of benzene rings is 2. The lowest BCUT2D eigenvalue weighted by atomic mass is 10.1. The van der Waals surface area contributed by atoms with Crippen LogP contribution in [0.1, 0.15) is 16.8 Å². The average molecular weight is 391 g/mol. The molecule has 2 aromatic heterocycles. The van der Waals surface area contributed by atoms with Gasteiger partial charge in [-0.2, -0.15) is 0 Å². The van der Waals surface area contributed by atoms with E-state index in [9.17, 15) is 4.79 Å². The number of nitrogens with one attached hydrogen (secondary N) is 2. The lowest BCUT2D eigenvalue weighted by molar-refractivity contribution is 0.397. The number of anilines is 2. The molecule has 0 aliphatic rings. The number of H-pyrrole nitrogens is 1. The molecule has 0 spiro atoms. The number of fused-ring (bicyclic) bond motifs is 2. The minimum absolute atomic E-state index is 0.218. The molecule has 0 saturated heterocycles. The summed E-state index contributed by atoms with van der Waals surface area (Å²) in [6.45, 7) is 5.75. The Hall–Kier alpha value is -3.68. The van der Waals surface area contributed by atoms with Crippen molar-refractivity contribution in [2.75, 3.05) is 19.5 Å². The third-order valence-corrected chi connectivity index (χ3v) is 4.76. The Morgan fingerprint density at radius 3 is 2.41 bits per heavy atom. The molecule has 0 amide bonds. The second-order valence-corrected chi connectivity index (χ2v) is 6.88. The van der Waals surface area contributed by atoms with Crippen LogP contribution in [0.15, 0.2) is 29.1 Å². The molecular weight excluding hydrogens is 370 g/mol. The van der Waals surface area contributed by atoms with E-state index in [0.29, 0.717) is 33.9 Å². The Bertz CT molecular complexity index is 1310. The first-order valence-corrected chi connectivity index (χ1v) is 9.08. The fraction of sp³-hybridized carbons (Fsp3) is 0.238. The van der Waals surface area contributed by atoms with Gasteiger partial charge in [0.15, 0.2) is 0 Å². The summed E-state index contributed by atoms with van der Waals surface area (Å²) in [7, 11) is 3.17. The molecular formula is C21H21N5O3. The predicted molar refractivity (Wildman–Crippen MR) is 112 cm³/mol. The summed E-state index contributed by atoms with van der Waals surface area (Å²) in [5, 5.41) is 4.39. The number of hydrogen-bond donors (Lipinski definition) is 2. The number of methoxy groups -OCH3 is 2. The standard InChI is InChI=1S/C21H21N5O3/c1-10-6-11(2)17-15(7-10)19(27)25-21(23-17)26-20-22-12(3)14-8-13(28-4)9-16(29-5)18(14)24-20/h6-9H,1-5H3,(H2,22,23,24,25,26,27). The van der Waals surface area contributed by atoms with Gasteiger partial charge in [0.2, 0.25) is 11.9 Å². The van der Waals surface area contributed by atoms with Crippen molar-refractivity contribution in [3.05, 3.63) is 51.4 Å². The second kappa shape index (κ2) is 7.05. The molecule has 148 valence electrons. The van der Waals surface area contributed by atoms with Gasteiger partial charge in [-0.1, -0.05) is 6.07 Å². The molecule has 0 fully saturated rings. The lowest BCUT2D eigenvalue weighted by Crippen LogP contribution is -2.13. The van der Waals surface area contributed by atoms with Crippen molar-refractivity contribution in [3.8, 4) is 11.5 Å². The van der Waals surface area contributed by atoms with E-state index < -0.39 is 0 Å². The van der Waals surface area contributed by atoms with Crippen LogP contribution in [0.2, 0.25) is 0 Å². The summed E-state index contributed by atoms with van der Waals surface area (Å²) >= 11 is 0. The van der Waals surface area contributed by atoms with Gasteiger partial charge in [0.05, 0.1) is 30.8 Å². The third-order valence-electron chi connectivity index (χ3n) is 4.76. The third kappa shape index (κ3) is 3.33. The first kappa shape index (κ1) is 18.7. The summed E-state index contributed by atoms with van der Waals surface area (Å²) < 4.78 is 10.8. The van der Waals surface area contributed by atoms with Gasteiger partial charge in [-0.15, -0.1) is 0 Å². The largest absolute Gasteiger partial charge is 0.497 e. The first-order valence-electron chi connectivity index (χ1n) is 9.08. The van der Waals surface area contributed by atoms with Crippen molar-refractivity contribution in [3.63, 3.8) is 0 Å². The second-order valence-electron chi connectivity index (χ2n) is 6.88. The molecule has 0 unspecified atom stereocenters. The van der Waals surface area contributed by atoms with Gasteiger partial charge in [-0.05, 0) is 44.0 Å². The Kier molecular flexibility index (Phi) is 4.54. The van der Waals surface area contributed by atoms with Gasteiger partial charge in [0, 0.05) is 11.5 Å².